The number of benzene rings is 1. The summed E-state index contributed by atoms with van der Waals surface area (Å²) in [6.07, 6.45) is 5.44. The molecule has 0 aliphatic carbocycles. The lowest BCUT2D eigenvalue weighted by Gasteiger charge is -2.37. The van der Waals surface area contributed by atoms with Gasteiger partial charge in [-0.25, -0.2) is 13.5 Å². The van der Waals surface area contributed by atoms with Gasteiger partial charge in [0.15, 0.2) is 5.82 Å². The average Bonchev–Trinajstić information content (AvgIpc) is 3.21. The highest BCUT2D eigenvalue weighted by Gasteiger charge is 2.31. The third-order valence-corrected chi connectivity index (χ3v) is 6.71. The summed E-state index contributed by atoms with van der Waals surface area (Å²) >= 11 is 0. The van der Waals surface area contributed by atoms with Crippen molar-refractivity contribution in [1.82, 2.24) is 24.6 Å². The number of piperazine rings is 1. The molecule has 2 saturated heterocycles. The van der Waals surface area contributed by atoms with E-state index < -0.39 is 17.7 Å². The number of nitrogens with zero attached hydrogens (tertiary/aromatic N) is 7. The second-order valence-corrected chi connectivity index (χ2v) is 9.24. The Bertz CT molecular complexity index is 1280. The van der Waals surface area contributed by atoms with Crippen LogP contribution < -0.4 is 20.3 Å². The lowest BCUT2D eigenvalue weighted by Crippen LogP contribution is -2.51. The Morgan fingerprint density at radius 3 is 2.38 bits per heavy atom. The van der Waals surface area contributed by atoms with Crippen LogP contribution in [0.1, 0.15) is 11.3 Å². The number of nitrogens with two attached hydrogens (primary N) is 1. The van der Waals surface area contributed by atoms with Crippen LogP contribution in [0.15, 0.2) is 30.5 Å². The van der Waals surface area contributed by atoms with E-state index >= 15 is 0 Å². The fourth-order valence-electron chi connectivity index (χ4n) is 4.65. The number of anilines is 3. The topological polar surface area (TPSA) is 109 Å². The van der Waals surface area contributed by atoms with Crippen molar-refractivity contribution in [1.29, 1.82) is 0 Å². The predicted octanol–water partition coefficient (Wildman–Crippen LogP) is 1.86. The van der Waals surface area contributed by atoms with Crippen LogP contribution in [0.3, 0.4) is 0 Å². The van der Waals surface area contributed by atoms with Crippen molar-refractivity contribution in [3.63, 3.8) is 0 Å². The summed E-state index contributed by atoms with van der Waals surface area (Å²) in [6, 6.07) is 3.63. The van der Waals surface area contributed by atoms with Crippen molar-refractivity contribution >= 4 is 23.5 Å². The number of hydrogen-bond acceptors (Lipinski definition) is 9. The highest BCUT2D eigenvalue weighted by molar-refractivity contribution is 5.64. The summed E-state index contributed by atoms with van der Waals surface area (Å²) in [4.78, 5) is 14.9. The van der Waals surface area contributed by atoms with Crippen molar-refractivity contribution in [2.45, 2.75) is 13.0 Å². The van der Waals surface area contributed by atoms with Gasteiger partial charge >= 0.3 is 0 Å². The SMILES string of the molecule is COc1c(N2CC(O)C2)nc(N)nc1-n1ncc(/C=C/CN2CCN(c3cc(F)cc(F)c3)CC2)c1C. The predicted molar refractivity (Wildman–Crippen MR) is 137 cm³/mol. The molecule has 2 aliphatic heterocycles. The van der Waals surface area contributed by atoms with Crippen molar-refractivity contribution in [2.75, 3.05) is 68.5 Å². The largest absolute Gasteiger partial charge is 0.490 e. The van der Waals surface area contributed by atoms with Crippen molar-refractivity contribution in [3.05, 3.63) is 53.4 Å². The van der Waals surface area contributed by atoms with Crippen LogP contribution in [-0.4, -0.2) is 88.8 Å². The summed E-state index contributed by atoms with van der Waals surface area (Å²) in [7, 11) is 1.54. The molecule has 3 N–H and O–H groups in total. The number of rotatable bonds is 7. The molecule has 196 valence electrons. The number of halogens is 2. The molecule has 2 fully saturated rings. The van der Waals surface area contributed by atoms with Gasteiger partial charge in [-0.05, 0) is 19.1 Å². The van der Waals surface area contributed by atoms with Gasteiger partial charge in [-0.1, -0.05) is 12.2 Å². The molecule has 12 heteroatoms. The highest BCUT2D eigenvalue weighted by Crippen LogP contribution is 2.35. The Kier molecular flexibility index (Phi) is 6.94. The molecule has 1 aromatic carbocycles. The van der Waals surface area contributed by atoms with E-state index in [9.17, 15) is 13.9 Å². The molecule has 0 atom stereocenters. The van der Waals surface area contributed by atoms with Gasteiger partial charge in [0, 0.05) is 63.1 Å². The van der Waals surface area contributed by atoms with Gasteiger partial charge in [-0.2, -0.15) is 15.1 Å². The van der Waals surface area contributed by atoms with Crippen LogP contribution in [-0.2, 0) is 0 Å². The van der Waals surface area contributed by atoms with Crippen LogP contribution >= 0.6 is 0 Å². The number of methoxy groups -OCH3 is 1. The maximum atomic E-state index is 13.6. The van der Waals surface area contributed by atoms with Crippen molar-refractivity contribution in [3.8, 4) is 11.6 Å². The fraction of sp³-hybridized carbons (Fsp3) is 0.400. The van der Waals surface area contributed by atoms with Gasteiger partial charge < -0.3 is 25.4 Å². The van der Waals surface area contributed by atoms with E-state index in [4.69, 9.17) is 10.5 Å². The summed E-state index contributed by atoms with van der Waals surface area (Å²) in [6.45, 7) is 6.53. The number of ether oxygens (including phenoxy) is 1. The monoisotopic (exact) mass is 512 g/mol. The number of aliphatic hydroxyl groups excluding tert-OH is 1. The number of aromatic nitrogens is 4. The van der Waals surface area contributed by atoms with Crippen LogP contribution in [0.2, 0.25) is 0 Å². The first-order valence-corrected chi connectivity index (χ1v) is 12.1. The first kappa shape index (κ1) is 24.9. The third-order valence-electron chi connectivity index (χ3n) is 6.71. The Hall–Kier alpha value is -3.77. The number of β-amino-alcohol motifs (C(OH)–C–C–N with tert-alkyl or cyclic N) is 1. The molecule has 2 aromatic heterocycles. The Morgan fingerprint density at radius 2 is 1.73 bits per heavy atom. The molecule has 10 nitrogen and oxygen atoms in total. The minimum atomic E-state index is -0.561. The minimum absolute atomic E-state index is 0.0966. The molecule has 37 heavy (non-hydrogen) atoms. The lowest BCUT2D eigenvalue weighted by molar-refractivity contribution is 0.140. The molecule has 3 aromatic rings. The first-order valence-electron chi connectivity index (χ1n) is 12.1. The van der Waals surface area contributed by atoms with Gasteiger partial charge in [0.1, 0.15) is 11.6 Å². The molecular formula is C25H30F2N8O2. The van der Waals surface area contributed by atoms with Gasteiger partial charge in [-0.15, -0.1) is 0 Å². The van der Waals surface area contributed by atoms with E-state index in [1.807, 2.05) is 22.8 Å². The lowest BCUT2D eigenvalue weighted by atomic mass is 10.1. The summed E-state index contributed by atoms with van der Waals surface area (Å²) in [5.74, 6) is 0.386. The zero-order valence-electron chi connectivity index (χ0n) is 20.8. The van der Waals surface area contributed by atoms with E-state index in [1.54, 1.807) is 18.0 Å². The van der Waals surface area contributed by atoms with Gasteiger partial charge in [-0.3, -0.25) is 4.90 Å². The summed E-state index contributed by atoms with van der Waals surface area (Å²) in [5.41, 5.74) is 8.35. The molecule has 5 rings (SSSR count). The molecule has 2 aliphatic rings. The van der Waals surface area contributed by atoms with E-state index in [0.717, 1.165) is 37.0 Å². The Labute approximate surface area is 213 Å². The number of nitrogen functional groups attached to an aromatic ring is 1. The molecule has 0 radical (unpaired) electrons. The highest BCUT2D eigenvalue weighted by atomic mass is 19.1. The quantitative estimate of drug-likeness (QED) is 0.490. The van der Waals surface area contributed by atoms with E-state index in [0.29, 0.717) is 49.3 Å². The average molecular weight is 513 g/mol. The van der Waals surface area contributed by atoms with Crippen LogP contribution in [0.5, 0.6) is 5.75 Å². The molecule has 0 saturated carbocycles. The number of hydrogen-bond donors (Lipinski definition) is 2. The van der Waals surface area contributed by atoms with Gasteiger partial charge in [0.05, 0.1) is 25.1 Å². The zero-order chi connectivity index (χ0) is 26.1. The van der Waals surface area contributed by atoms with E-state index in [-0.39, 0.29) is 5.95 Å². The second kappa shape index (κ2) is 10.3. The summed E-state index contributed by atoms with van der Waals surface area (Å²) < 4.78 is 34.4. The Morgan fingerprint density at radius 1 is 1.05 bits per heavy atom. The van der Waals surface area contributed by atoms with E-state index in [2.05, 4.69) is 26.0 Å². The first-order chi connectivity index (χ1) is 17.8. The normalized spacial score (nSPS) is 17.0. The molecule has 0 unspecified atom stereocenters. The number of aliphatic hydroxyl groups is 1. The molecule has 0 bridgehead atoms. The van der Waals surface area contributed by atoms with Gasteiger partial charge in [0.2, 0.25) is 17.5 Å². The van der Waals surface area contributed by atoms with Crippen molar-refractivity contribution in [2.24, 2.45) is 0 Å². The molecular weight excluding hydrogens is 482 g/mol. The third kappa shape index (κ3) is 5.20. The summed E-state index contributed by atoms with van der Waals surface area (Å²) in [5, 5.41) is 14.2. The Balaban J connectivity index is 1.25. The second-order valence-electron chi connectivity index (χ2n) is 9.24. The minimum Gasteiger partial charge on any atom is -0.490 e. The van der Waals surface area contributed by atoms with Crippen LogP contribution in [0.25, 0.3) is 11.9 Å². The van der Waals surface area contributed by atoms with Crippen LogP contribution in [0.4, 0.5) is 26.2 Å². The van der Waals surface area contributed by atoms with E-state index in [1.165, 1.54) is 12.1 Å². The van der Waals surface area contributed by atoms with Crippen molar-refractivity contribution < 1.29 is 18.6 Å². The maximum Gasteiger partial charge on any atom is 0.224 e. The van der Waals surface area contributed by atoms with Gasteiger partial charge in [0.25, 0.3) is 0 Å². The molecule has 0 spiro atoms. The molecule has 0 amide bonds. The fourth-order valence-corrected chi connectivity index (χ4v) is 4.65. The van der Waals surface area contributed by atoms with Crippen LogP contribution in [0, 0.1) is 18.6 Å². The standard InChI is InChI=1S/C25H30F2N8O2/c1-16-17(4-3-5-32-6-8-33(9-7-32)20-11-18(26)10-19(27)12-20)13-29-35(16)24-22(37-2)23(30-25(28)31-24)34-14-21(36)15-34/h3-4,10-13,21,36H,5-9,14-15H2,1-2H3,(H2,28,30,31)/b4-3+. The smallest absolute Gasteiger partial charge is 0.224 e. The molecule has 4 heterocycles. The maximum absolute atomic E-state index is 13.6. The zero-order valence-corrected chi connectivity index (χ0v) is 20.8.